The quantitative estimate of drug-likeness (QED) is 0.195. The number of allylic oxidation sites excluding steroid dienone is 1. The van der Waals surface area contributed by atoms with Crippen LogP contribution < -0.4 is 0 Å². The summed E-state index contributed by atoms with van der Waals surface area (Å²) in [5, 5.41) is 4.03. The Kier molecular flexibility index (Phi) is 5.89. The number of thiophene rings is 1. The van der Waals surface area contributed by atoms with Gasteiger partial charge in [-0.05, 0) is 94.8 Å². The van der Waals surface area contributed by atoms with E-state index in [-0.39, 0.29) is 0 Å². The second-order valence-corrected chi connectivity index (χ2v) is 12.8. The Hall–Kier alpha value is -5.18. The van der Waals surface area contributed by atoms with Gasteiger partial charge in [0.15, 0.2) is 0 Å². The molecule has 2 aromatic heterocycles. The van der Waals surface area contributed by atoms with Crippen LogP contribution in [0.2, 0.25) is 0 Å². The van der Waals surface area contributed by atoms with Crippen molar-refractivity contribution in [2.24, 2.45) is 0 Å². The Balaban J connectivity index is 1.22. The van der Waals surface area contributed by atoms with Crippen molar-refractivity contribution in [3.63, 3.8) is 0 Å². The van der Waals surface area contributed by atoms with Gasteiger partial charge in [-0.2, -0.15) is 0 Å². The van der Waals surface area contributed by atoms with Crippen molar-refractivity contribution in [3.8, 4) is 27.9 Å². The van der Waals surface area contributed by atoms with E-state index in [1.165, 1.54) is 81.4 Å². The predicted octanol–water partition coefficient (Wildman–Crippen LogP) is 11.8. The Morgan fingerprint density at radius 3 is 1.86 bits per heavy atom. The molecule has 0 radical (unpaired) electrons. The minimum absolute atomic E-state index is 0.999. The van der Waals surface area contributed by atoms with Gasteiger partial charge in [0, 0.05) is 42.5 Å². The van der Waals surface area contributed by atoms with Crippen LogP contribution in [0.5, 0.6) is 0 Å². The standard InChI is InChI=1S/C42H29NS/c1-3-9-28(10-4-1)30-15-20-34(21-16-30)43-39-22-17-31(29-11-5-2-6-12-29)25-36(39)37-26-32(18-23-40(37)43)33-19-24-42-38(27-33)35-13-7-8-14-41(35)44-42/h1-17,19-22,24-27H,18,23H2. The van der Waals surface area contributed by atoms with E-state index in [4.69, 9.17) is 0 Å². The monoisotopic (exact) mass is 579 g/mol. The van der Waals surface area contributed by atoms with E-state index in [9.17, 15) is 0 Å². The van der Waals surface area contributed by atoms with Gasteiger partial charge < -0.3 is 4.57 Å². The molecule has 6 aromatic carbocycles. The summed E-state index contributed by atoms with van der Waals surface area (Å²) in [5.74, 6) is 0. The maximum absolute atomic E-state index is 2.50. The normalized spacial score (nSPS) is 13.0. The zero-order valence-corrected chi connectivity index (χ0v) is 25.0. The molecule has 2 heteroatoms. The molecule has 208 valence electrons. The average Bonchev–Trinajstić information content (AvgIpc) is 3.64. The van der Waals surface area contributed by atoms with Crippen LogP contribution in [0, 0.1) is 0 Å². The highest BCUT2D eigenvalue weighted by Crippen LogP contribution is 2.42. The van der Waals surface area contributed by atoms with Gasteiger partial charge in [0.1, 0.15) is 0 Å². The van der Waals surface area contributed by atoms with Gasteiger partial charge in [0.25, 0.3) is 0 Å². The summed E-state index contributed by atoms with van der Waals surface area (Å²) in [5.41, 5.74) is 13.0. The smallest absolute Gasteiger partial charge is 0.0538 e. The molecule has 0 bridgehead atoms. The Labute approximate surface area is 261 Å². The molecular weight excluding hydrogens is 551 g/mol. The second-order valence-electron chi connectivity index (χ2n) is 11.7. The van der Waals surface area contributed by atoms with E-state index in [0.717, 1.165) is 12.8 Å². The number of benzene rings is 6. The number of hydrogen-bond acceptors (Lipinski definition) is 1. The topological polar surface area (TPSA) is 4.93 Å². The molecule has 0 spiro atoms. The zero-order chi connectivity index (χ0) is 29.0. The van der Waals surface area contributed by atoms with Crippen molar-refractivity contribution in [3.05, 3.63) is 162 Å². The van der Waals surface area contributed by atoms with Gasteiger partial charge in [-0.1, -0.05) is 103 Å². The maximum Gasteiger partial charge on any atom is 0.0538 e. The minimum atomic E-state index is 0.999. The highest BCUT2D eigenvalue weighted by atomic mass is 32.1. The molecule has 8 aromatic rings. The lowest BCUT2D eigenvalue weighted by molar-refractivity contribution is 0.898. The summed E-state index contributed by atoms with van der Waals surface area (Å²) >= 11 is 1.88. The van der Waals surface area contributed by atoms with E-state index >= 15 is 0 Å². The molecule has 0 saturated heterocycles. The summed E-state index contributed by atoms with van der Waals surface area (Å²) < 4.78 is 5.21. The van der Waals surface area contributed by atoms with Crippen molar-refractivity contribution in [2.45, 2.75) is 12.8 Å². The van der Waals surface area contributed by atoms with Crippen LogP contribution in [-0.2, 0) is 6.42 Å². The molecule has 44 heavy (non-hydrogen) atoms. The fourth-order valence-electron chi connectivity index (χ4n) is 6.97. The fourth-order valence-corrected chi connectivity index (χ4v) is 8.05. The molecule has 0 N–H and O–H groups in total. The van der Waals surface area contributed by atoms with E-state index < -0.39 is 0 Å². The lowest BCUT2D eigenvalue weighted by Gasteiger charge is -2.18. The summed E-state index contributed by atoms with van der Waals surface area (Å²) in [6.45, 7) is 0. The van der Waals surface area contributed by atoms with Crippen LogP contribution in [0.3, 0.4) is 0 Å². The highest BCUT2D eigenvalue weighted by molar-refractivity contribution is 7.25. The van der Waals surface area contributed by atoms with Gasteiger partial charge in [0.2, 0.25) is 0 Å². The van der Waals surface area contributed by atoms with Crippen LogP contribution >= 0.6 is 11.3 Å². The van der Waals surface area contributed by atoms with Crippen LogP contribution in [0.4, 0.5) is 0 Å². The molecule has 1 nitrogen and oxygen atoms in total. The molecule has 0 aliphatic heterocycles. The molecule has 9 rings (SSSR count). The third-order valence-corrected chi connectivity index (χ3v) is 10.3. The highest BCUT2D eigenvalue weighted by Gasteiger charge is 2.23. The molecule has 2 heterocycles. The first-order chi connectivity index (χ1) is 21.8. The van der Waals surface area contributed by atoms with E-state index in [1.807, 2.05) is 11.3 Å². The number of nitrogens with zero attached hydrogens (tertiary/aromatic N) is 1. The van der Waals surface area contributed by atoms with E-state index in [1.54, 1.807) is 0 Å². The minimum Gasteiger partial charge on any atom is -0.313 e. The van der Waals surface area contributed by atoms with E-state index in [0.29, 0.717) is 0 Å². The number of hydrogen-bond donors (Lipinski definition) is 0. The average molecular weight is 580 g/mol. The molecule has 0 unspecified atom stereocenters. The van der Waals surface area contributed by atoms with Gasteiger partial charge in [0.05, 0.1) is 5.52 Å². The molecule has 1 aliphatic carbocycles. The fraction of sp³-hybridized carbons (Fsp3) is 0.0476. The summed E-state index contributed by atoms with van der Waals surface area (Å²) in [6, 6.07) is 53.3. The lowest BCUT2D eigenvalue weighted by atomic mass is 9.90. The Morgan fingerprint density at radius 2 is 1.07 bits per heavy atom. The van der Waals surface area contributed by atoms with Crippen molar-refractivity contribution in [1.82, 2.24) is 4.57 Å². The predicted molar refractivity (Wildman–Crippen MR) is 190 cm³/mol. The van der Waals surface area contributed by atoms with Crippen LogP contribution in [0.15, 0.2) is 146 Å². The molecule has 0 atom stereocenters. The van der Waals surface area contributed by atoms with Gasteiger partial charge >= 0.3 is 0 Å². The van der Waals surface area contributed by atoms with Crippen LogP contribution in [0.1, 0.15) is 23.2 Å². The second kappa shape index (κ2) is 10.2. The largest absolute Gasteiger partial charge is 0.313 e. The van der Waals surface area contributed by atoms with Gasteiger partial charge in [-0.25, -0.2) is 0 Å². The van der Waals surface area contributed by atoms with Crippen molar-refractivity contribution in [2.75, 3.05) is 0 Å². The lowest BCUT2D eigenvalue weighted by Crippen LogP contribution is -2.05. The first kappa shape index (κ1) is 25.3. The van der Waals surface area contributed by atoms with Crippen LogP contribution in [-0.4, -0.2) is 4.57 Å². The summed E-state index contributed by atoms with van der Waals surface area (Å²) in [4.78, 5) is 0. The van der Waals surface area contributed by atoms with Gasteiger partial charge in [-0.15, -0.1) is 11.3 Å². The summed E-state index contributed by atoms with van der Waals surface area (Å²) in [6.07, 6.45) is 4.49. The molecule has 0 saturated carbocycles. The third kappa shape index (κ3) is 4.14. The zero-order valence-electron chi connectivity index (χ0n) is 24.2. The first-order valence-electron chi connectivity index (χ1n) is 15.3. The Bertz CT molecular complexity index is 2350. The van der Waals surface area contributed by atoms with Crippen molar-refractivity contribution < 1.29 is 0 Å². The van der Waals surface area contributed by atoms with Crippen molar-refractivity contribution >= 4 is 54.1 Å². The SMILES string of the molecule is C1=C(c2ccc3sc4ccccc4c3c2)CCc2c1c1cc(-c3ccccc3)ccc1n2-c1ccc(-c2ccccc2)cc1. The van der Waals surface area contributed by atoms with Crippen LogP contribution in [0.25, 0.3) is 70.7 Å². The Morgan fingerprint density at radius 1 is 0.455 bits per heavy atom. The first-order valence-corrected chi connectivity index (χ1v) is 16.1. The molecule has 0 amide bonds. The number of fused-ring (bicyclic) bond motifs is 6. The maximum atomic E-state index is 2.50. The number of aromatic nitrogens is 1. The number of rotatable bonds is 4. The molecule has 0 fully saturated rings. The van der Waals surface area contributed by atoms with E-state index in [2.05, 4.69) is 156 Å². The van der Waals surface area contributed by atoms with Crippen molar-refractivity contribution in [1.29, 1.82) is 0 Å². The third-order valence-electron chi connectivity index (χ3n) is 9.15. The van der Waals surface area contributed by atoms with Gasteiger partial charge in [-0.3, -0.25) is 0 Å². The molecular formula is C42H29NS. The molecule has 1 aliphatic rings. The summed E-state index contributed by atoms with van der Waals surface area (Å²) in [7, 11) is 0.